The average Bonchev–Trinajstić information content (AvgIpc) is 2.35. The Bertz CT molecular complexity index is 379. The van der Waals surface area contributed by atoms with Gasteiger partial charge in [-0.15, -0.1) is 0 Å². The summed E-state index contributed by atoms with van der Waals surface area (Å²) >= 11 is 0. The van der Waals surface area contributed by atoms with E-state index in [4.69, 9.17) is 4.43 Å². The summed E-state index contributed by atoms with van der Waals surface area (Å²) in [6, 6.07) is 10.5. The van der Waals surface area contributed by atoms with Gasteiger partial charge in [0.15, 0.2) is 0 Å². The lowest BCUT2D eigenvalue weighted by atomic mass is 9.99. The molecule has 2 heteroatoms. The Kier molecular flexibility index (Phi) is 5.67. The standard InChI is InChI=1S/C16H26OSi/c1-13(2)16(4,5)18-17-14(3)11-12-15-9-7-6-8-10-15/h6-11,13H,12,18H2,1-5H3. The number of rotatable bonds is 6. The van der Waals surface area contributed by atoms with Gasteiger partial charge in [0.2, 0.25) is 9.76 Å². The van der Waals surface area contributed by atoms with E-state index in [9.17, 15) is 0 Å². The molecule has 1 aromatic rings. The van der Waals surface area contributed by atoms with Crippen LogP contribution >= 0.6 is 0 Å². The maximum Gasteiger partial charge on any atom is 0.224 e. The second-order valence-corrected chi connectivity index (χ2v) is 8.34. The predicted molar refractivity (Wildman–Crippen MR) is 82.4 cm³/mol. The van der Waals surface area contributed by atoms with E-state index in [1.807, 2.05) is 0 Å². The Morgan fingerprint density at radius 3 is 2.44 bits per heavy atom. The SMILES string of the molecule is CC(=CCc1ccccc1)O[SiH2]C(C)(C)C(C)C. The lowest BCUT2D eigenvalue weighted by Gasteiger charge is -2.28. The Morgan fingerprint density at radius 2 is 1.89 bits per heavy atom. The van der Waals surface area contributed by atoms with E-state index in [0.717, 1.165) is 12.2 Å². The highest BCUT2D eigenvalue weighted by molar-refractivity contribution is 6.32. The van der Waals surface area contributed by atoms with Gasteiger partial charge in [-0.1, -0.05) is 58.0 Å². The van der Waals surface area contributed by atoms with E-state index >= 15 is 0 Å². The van der Waals surface area contributed by atoms with Crippen LogP contribution in [0, 0.1) is 5.92 Å². The van der Waals surface area contributed by atoms with Gasteiger partial charge in [0, 0.05) is 0 Å². The van der Waals surface area contributed by atoms with Crippen LogP contribution in [0.4, 0.5) is 0 Å². The molecule has 0 saturated heterocycles. The maximum absolute atomic E-state index is 5.99. The second kappa shape index (κ2) is 6.79. The first-order valence-corrected chi connectivity index (χ1v) is 8.04. The third-order valence-electron chi connectivity index (χ3n) is 3.70. The van der Waals surface area contributed by atoms with E-state index in [1.165, 1.54) is 5.56 Å². The van der Waals surface area contributed by atoms with Crippen LogP contribution in [0.25, 0.3) is 0 Å². The van der Waals surface area contributed by atoms with Crippen molar-refractivity contribution in [2.75, 3.05) is 0 Å². The first-order chi connectivity index (χ1) is 8.42. The van der Waals surface area contributed by atoms with Crippen molar-refractivity contribution < 1.29 is 4.43 Å². The van der Waals surface area contributed by atoms with Crippen LogP contribution in [0.5, 0.6) is 0 Å². The van der Waals surface area contributed by atoms with Crippen molar-refractivity contribution in [1.29, 1.82) is 0 Å². The van der Waals surface area contributed by atoms with Crippen LogP contribution in [0.1, 0.15) is 40.2 Å². The van der Waals surface area contributed by atoms with Crippen LogP contribution in [-0.2, 0) is 10.8 Å². The van der Waals surface area contributed by atoms with Crippen molar-refractivity contribution in [2.24, 2.45) is 5.92 Å². The second-order valence-electron chi connectivity index (χ2n) is 5.94. The normalized spacial score (nSPS) is 13.6. The Balaban J connectivity index is 2.44. The van der Waals surface area contributed by atoms with E-state index in [1.54, 1.807) is 0 Å². The van der Waals surface area contributed by atoms with Gasteiger partial charge in [-0.3, -0.25) is 0 Å². The Hall–Kier alpha value is -1.02. The average molecular weight is 262 g/mol. The van der Waals surface area contributed by atoms with Gasteiger partial charge in [-0.25, -0.2) is 0 Å². The molecule has 0 saturated carbocycles. The molecule has 0 heterocycles. The summed E-state index contributed by atoms with van der Waals surface area (Å²) in [6.07, 6.45) is 3.15. The smallest absolute Gasteiger partial charge is 0.224 e. The zero-order chi connectivity index (χ0) is 13.6. The molecule has 0 unspecified atom stereocenters. The Morgan fingerprint density at radius 1 is 1.28 bits per heavy atom. The van der Waals surface area contributed by atoms with Crippen molar-refractivity contribution in [3.8, 4) is 0 Å². The molecule has 0 spiro atoms. The summed E-state index contributed by atoms with van der Waals surface area (Å²) in [6.45, 7) is 11.3. The molecule has 0 aliphatic rings. The van der Waals surface area contributed by atoms with Crippen molar-refractivity contribution >= 4 is 9.76 Å². The van der Waals surface area contributed by atoms with Gasteiger partial charge in [0.25, 0.3) is 0 Å². The monoisotopic (exact) mass is 262 g/mol. The van der Waals surface area contributed by atoms with Gasteiger partial charge in [0.1, 0.15) is 0 Å². The largest absolute Gasteiger partial charge is 0.552 e. The molecule has 0 radical (unpaired) electrons. The maximum atomic E-state index is 5.99. The minimum Gasteiger partial charge on any atom is -0.552 e. The third-order valence-corrected chi connectivity index (χ3v) is 5.86. The lowest BCUT2D eigenvalue weighted by molar-refractivity contribution is 0.377. The van der Waals surface area contributed by atoms with Crippen LogP contribution < -0.4 is 0 Å². The van der Waals surface area contributed by atoms with Gasteiger partial charge >= 0.3 is 0 Å². The van der Waals surface area contributed by atoms with Gasteiger partial charge < -0.3 is 4.43 Å². The van der Waals surface area contributed by atoms with Crippen molar-refractivity contribution in [1.82, 2.24) is 0 Å². The molecule has 0 N–H and O–H groups in total. The minimum atomic E-state index is -0.524. The molecule has 0 bridgehead atoms. The molecule has 0 amide bonds. The fourth-order valence-electron chi connectivity index (χ4n) is 1.40. The minimum absolute atomic E-state index is 0.363. The van der Waals surface area contributed by atoms with E-state index in [0.29, 0.717) is 11.0 Å². The predicted octanol–water partition coefficient (Wildman–Crippen LogP) is 4.09. The van der Waals surface area contributed by atoms with Crippen LogP contribution in [0.3, 0.4) is 0 Å². The molecule has 0 fully saturated rings. The molecule has 0 aliphatic heterocycles. The number of allylic oxidation sites excluding steroid dienone is 2. The van der Waals surface area contributed by atoms with Gasteiger partial charge in [-0.2, -0.15) is 0 Å². The van der Waals surface area contributed by atoms with Gasteiger partial charge in [0.05, 0.1) is 5.76 Å². The van der Waals surface area contributed by atoms with Crippen LogP contribution in [0.15, 0.2) is 42.2 Å². The quantitative estimate of drug-likeness (QED) is 0.554. The summed E-state index contributed by atoms with van der Waals surface area (Å²) in [4.78, 5) is 0. The highest BCUT2D eigenvalue weighted by Gasteiger charge is 2.24. The lowest BCUT2D eigenvalue weighted by Crippen LogP contribution is -2.21. The van der Waals surface area contributed by atoms with Crippen molar-refractivity contribution in [3.63, 3.8) is 0 Å². The fourth-order valence-corrected chi connectivity index (χ4v) is 2.45. The summed E-state index contributed by atoms with van der Waals surface area (Å²) in [5, 5.41) is 0.363. The summed E-state index contributed by atoms with van der Waals surface area (Å²) in [7, 11) is -0.524. The molecule has 1 nitrogen and oxygen atoms in total. The first-order valence-electron chi connectivity index (χ1n) is 6.75. The summed E-state index contributed by atoms with van der Waals surface area (Å²) in [5.41, 5.74) is 1.34. The summed E-state index contributed by atoms with van der Waals surface area (Å²) < 4.78 is 5.99. The molecular weight excluding hydrogens is 236 g/mol. The molecule has 1 rings (SSSR count). The van der Waals surface area contributed by atoms with Gasteiger partial charge in [-0.05, 0) is 35.9 Å². The van der Waals surface area contributed by atoms with Crippen LogP contribution in [-0.4, -0.2) is 9.76 Å². The topological polar surface area (TPSA) is 9.23 Å². The molecule has 0 aromatic heterocycles. The van der Waals surface area contributed by atoms with E-state index in [2.05, 4.69) is 71.0 Å². The molecule has 18 heavy (non-hydrogen) atoms. The van der Waals surface area contributed by atoms with E-state index in [-0.39, 0.29) is 0 Å². The first kappa shape index (κ1) is 15.0. The van der Waals surface area contributed by atoms with Crippen molar-refractivity contribution in [3.05, 3.63) is 47.7 Å². The zero-order valence-corrected chi connectivity index (χ0v) is 13.8. The molecule has 0 atom stereocenters. The molecular formula is C16H26OSi. The summed E-state index contributed by atoms with van der Waals surface area (Å²) in [5.74, 6) is 1.77. The highest BCUT2D eigenvalue weighted by Crippen LogP contribution is 2.33. The number of benzene rings is 1. The molecule has 100 valence electrons. The third kappa shape index (κ3) is 5.09. The molecule has 1 aromatic carbocycles. The zero-order valence-electron chi connectivity index (χ0n) is 12.4. The van der Waals surface area contributed by atoms with Crippen molar-refractivity contribution in [2.45, 2.75) is 46.1 Å². The van der Waals surface area contributed by atoms with Crippen LogP contribution in [0.2, 0.25) is 5.04 Å². The number of hydrogen-bond donors (Lipinski definition) is 0. The van der Waals surface area contributed by atoms with E-state index < -0.39 is 9.76 Å². The fraction of sp³-hybridized carbons (Fsp3) is 0.500. The number of hydrogen-bond acceptors (Lipinski definition) is 1. The highest BCUT2D eigenvalue weighted by atomic mass is 28.2. The Labute approximate surface area is 114 Å². The molecule has 0 aliphatic carbocycles.